The molecule has 8 heteroatoms. The van der Waals surface area contributed by atoms with Gasteiger partial charge in [0.1, 0.15) is 9.84 Å². The largest absolute Gasteiger partial charge is 0.324 e. The highest BCUT2D eigenvalue weighted by Crippen LogP contribution is 2.23. The van der Waals surface area contributed by atoms with Crippen molar-refractivity contribution in [2.75, 3.05) is 18.6 Å². The number of sulfone groups is 1. The molecule has 1 N–H and O–H groups in total. The summed E-state index contributed by atoms with van der Waals surface area (Å²) in [6, 6.07) is 3.11. The fraction of sp³-hybridized carbons (Fsp3) is 0.500. The minimum absolute atomic E-state index is 0.0699. The Balaban J connectivity index is 2.35. The first kappa shape index (κ1) is 13.1. The van der Waals surface area contributed by atoms with Gasteiger partial charge in [0.2, 0.25) is 0 Å². The molecule has 0 aliphatic rings. The molecule has 90 valence electrons. The van der Waals surface area contributed by atoms with E-state index in [2.05, 4.69) is 5.32 Å². The average molecular weight is 264 g/mol. The second-order valence-electron chi connectivity index (χ2n) is 3.30. The Morgan fingerprint density at radius 3 is 2.69 bits per heavy atom. The molecule has 1 aromatic rings. The van der Waals surface area contributed by atoms with E-state index in [1.165, 1.54) is 12.3 Å². The fourth-order valence-electron chi connectivity index (χ4n) is 1.03. The molecule has 0 bridgehead atoms. The van der Waals surface area contributed by atoms with Gasteiger partial charge in [0, 0.05) is 30.3 Å². The van der Waals surface area contributed by atoms with Crippen molar-refractivity contribution in [3.63, 3.8) is 0 Å². The molecule has 6 nitrogen and oxygen atoms in total. The summed E-state index contributed by atoms with van der Waals surface area (Å²) in [4.78, 5) is 10.8. The molecule has 0 radical (unpaired) electrons. The van der Waals surface area contributed by atoms with Gasteiger partial charge >= 0.3 is 5.00 Å². The summed E-state index contributed by atoms with van der Waals surface area (Å²) in [7, 11) is -2.95. The number of rotatable bonds is 6. The van der Waals surface area contributed by atoms with Crippen LogP contribution in [0.3, 0.4) is 0 Å². The van der Waals surface area contributed by atoms with Crippen LogP contribution < -0.4 is 5.32 Å². The Hall–Kier alpha value is -0.990. The number of hydrogen-bond acceptors (Lipinski definition) is 6. The first-order valence-corrected chi connectivity index (χ1v) is 7.38. The number of nitrogens with zero attached hydrogens (tertiary/aromatic N) is 1. The van der Waals surface area contributed by atoms with Crippen LogP contribution in [-0.4, -0.2) is 31.9 Å². The molecule has 0 aliphatic heterocycles. The van der Waals surface area contributed by atoms with Crippen LogP contribution in [0.25, 0.3) is 0 Å². The molecule has 0 amide bonds. The van der Waals surface area contributed by atoms with E-state index in [9.17, 15) is 18.5 Å². The van der Waals surface area contributed by atoms with E-state index in [0.717, 1.165) is 16.2 Å². The summed E-state index contributed by atoms with van der Waals surface area (Å²) in [5, 5.41) is 13.4. The van der Waals surface area contributed by atoms with Gasteiger partial charge in [-0.3, -0.25) is 10.1 Å². The monoisotopic (exact) mass is 264 g/mol. The maximum absolute atomic E-state index is 10.8. The van der Waals surface area contributed by atoms with Gasteiger partial charge in [-0.2, -0.15) is 0 Å². The van der Waals surface area contributed by atoms with Gasteiger partial charge in [0.05, 0.1) is 10.7 Å². The maximum Gasteiger partial charge on any atom is 0.324 e. The summed E-state index contributed by atoms with van der Waals surface area (Å²) in [6.45, 7) is 0.804. The number of hydrogen-bond donors (Lipinski definition) is 1. The Kier molecular flexibility index (Phi) is 4.39. The zero-order valence-electron chi connectivity index (χ0n) is 8.67. The van der Waals surface area contributed by atoms with Gasteiger partial charge in [-0.1, -0.05) is 11.3 Å². The van der Waals surface area contributed by atoms with Crippen LogP contribution in [0.2, 0.25) is 0 Å². The van der Waals surface area contributed by atoms with Crippen molar-refractivity contribution >= 4 is 26.2 Å². The molecule has 1 heterocycles. The highest BCUT2D eigenvalue weighted by molar-refractivity contribution is 7.90. The Morgan fingerprint density at radius 1 is 1.50 bits per heavy atom. The number of nitro groups is 1. The summed E-state index contributed by atoms with van der Waals surface area (Å²) >= 11 is 1.09. The molecular formula is C8H12N2O4S2. The highest BCUT2D eigenvalue weighted by Gasteiger charge is 2.09. The van der Waals surface area contributed by atoms with E-state index < -0.39 is 14.8 Å². The molecule has 0 fully saturated rings. The fourth-order valence-corrected chi connectivity index (χ4v) is 2.33. The third-order valence-corrected chi connectivity index (χ3v) is 3.76. The van der Waals surface area contributed by atoms with Crippen LogP contribution in [0.15, 0.2) is 12.1 Å². The molecule has 0 aliphatic carbocycles. The van der Waals surface area contributed by atoms with Gasteiger partial charge in [-0.25, -0.2) is 8.42 Å². The standard InChI is InChI=1S/C8H12N2O4S2/c1-16(13,14)5-4-9-6-7-2-3-8(15-7)10(11)12/h2-3,9H,4-6H2,1H3. The second-order valence-corrected chi connectivity index (χ2v) is 6.71. The van der Waals surface area contributed by atoms with Crippen LogP contribution in [0.4, 0.5) is 5.00 Å². The zero-order valence-corrected chi connectivity index (χ0v) is 10.3. The van der Waals surface area contributed by atoms with Crippen molar-refractivity contribution in [3.05, 3.63) is 27.1 Å². The predicted molar refractivity (Wildman–Crippen MR) is 62.4 cm³/mol. The third kappa shape index (κ3) is 4.69. The zero-order chi connectivity index (χ0) is 12.2. The molecule has 0 spiro atoms. The molecule has 16 heavy (non-hydrogen) atoms. The predicted octanol–water partition coefficient (Wildman–Crippen LogP) is 0.791. The van der Waals surface area contributed by atoms with E-state index in [1.54, 1.807) is 6.07 Å². The van der Waals surface area contributed by atoms with Gasteiger partial charge in [-0.15, -0.1) is 0 Å². The van der Waals surface area contributed by atoms with Crippen LogP contribution in [0, 0.1) is 10.1 Å². The summed E-state index contributed by atoms with van der Waals surface area (Å²) < 4.78 is 21.6. The van der Waals surface area contributed by atoms with Crippen LogP contribution >= 0.6 is 11.3 Å². The molecular weight excluding hydrogens is 252 g/mol. The maximum atomic E-state index is 10.8. The van der Waals surface area contributed by atoms with Crippen molar-refractivity contribution in [3.8, 4) is 0 Å². The van der Waals surface area contributed by atoms with Gasteiger partial charge in [-0.05, 0) is 6.07 Å². The molecule has 0 unspecified atom stereocenters. The van der Waals surface area contributed by atoms with Crippen molar-refractivity contribution in [1.82, 2.24) is 5.32 Å². The molecule has 0 atom stereocenters. The normalized spacial score (nSPS) is 11.6. The molecule has 0 aromatic carbocycles. The molecule has 1 rings (SSSR count). The SMILES string of the molecule is CS(=O)(=O)CCNCc1ccc([N+](=O)[O-])s1. The quantitative estimate of drug-likeness (QED) is 0.466. The van der Waals surface area contributed by atoms with Crippen LogP contribution in [0.5, 0.6) is 0 Å². The van der Waals surface area contributed by atoms with Crippen LogP contribution in [0.1, 0.15) is 4.88 Å². The lowest BCUT2D eigenvalue weighted by atomic mass is 10.4. The van der Waals surface area contributed by atoms with Gasteiger partial charge < -0.3 is 5.32 Å². The second kappa shape index (κ2) is 5.37. The van der Waals surface area contributed by atoms with Gasteiger partial charge in [0.25, 0.3) is 0 Å². The minimum Gasteiger partial charge on any atom is -0.311 e. The summed E-state index contributed by atoms with van der Waals surface area (Å²) in [6.07, 6.45) is 1.17. The molecule has 0 saturated heterocycles. The van der Waals surface area contributed by atoms with E-state index in [4.69, 9.17) is 0 Å². The Bertz CT molecular complexity index is 466. The average Bonchev–Trinajstić information content (AvgIpc) is 2.59. The summed E-state index contributed by atoms with van der Waals surface area (Å²) in [5.74, 6) is 0.0699. The first-order valence-electron chi connectivity index (χ1n) is 4.50. The van der Waals surface area contributed by atoms with Crippen molar-refractivity contribution < 1.29 is 13.3 Å². The Labute approximate surface area is 97.4 Å². The lowest BCUT2D eigenvalue weighted by Crippen LogP contribution is -2.21. The third-order valence-electron chi connectivity index (χ3n) is 1.78. The van der Waals surface area contributed by atoms with Gasteiger partial charge in [0.15, 0.2) is 0 Å². The summed E-state index contributed by atoms with van der Waals surface area (Å²) in [5.41, 5.74) is 0. The number of thiophene rings is 1. The van der Waals surface area contributed by atoms with Crippen LogP contribution in [-0.2, 0) is 16.4 Å². The van der Waals surface area contributed by atoms with E-state index in [-0.39, 0.29) is 10.8 Å². The lowest BCUT2D eigenvalue weighted by Gasteiger charge is -2.00. The smallest absolute Gasteiger partial charge is 0.311 e. The van der Waals surface area contributed by atoms with Crippen molar-refractivity contribution in [2.45, 2.75) is 6.54 Å². The minimum atomic E-state index is -2.95. The Morgan fingerprint density at radius 2 is 2.19 bits per heavy atom. The van der Waals surface area contributed by atoms with E-state index >= 15 is 0 Å². The first-order chi connectivity index (χ1) is 7.38. The highest BCUT2D eigenvalue weighted by atomic mass is 32.2. The molecule has 0 saturated carbocycles. The molecule has 1 aromatic heterocycles. The van der Waals surface area contributed by atoms with Crippen molar-refractivity contribution in [2.24, 2.45) is 0 Å². The van der Waals surface area contributed by atoms with E-state index in [1.807, 2.05) is 0 Å². The lowest BCUT2D eigenvalue weighted by molar-refractivity contribution is -0.380. The topological polar surface area (TPSA) is 89.3 Å². The van der Waals surface area contributed by atoms with E-state index in [0.29, 0.717) is 13.1 Å². The number of nitrogens with one attached hydrogen (secondary N) is 1. The van der Waals surface area contributed by atoms with Crippen molar-refractivity contribution in [1.29, 1.82) is 0 Å².